The lowest BCUT2D eigenvalue weighted by atomic mass is 10.1. The van der Waals surface area contributed by atoms with Crippen LogP contribution in [0.25, 0.3) is 10.6 Å². The fraction of sp³-hybridized carbons (Fsp3) is 0.118. The van der Waals surface area contributed by atoms with Crippen LogP contribution in [-0.2, 0) is 15.6 Å². The highest BCUT2D eigenvalue weighted by Gasteiger charge is 2.21. The Labute approximate surface area is 164 Å². The molecule has 1 heterocycles. The third-order valence-electron chi connectivity index (χ3n) is 3.63. The minimum absolute atomic E-state index is 0.0143. The van der Waals surface area contributed by atoms with Gasteiger partial charge in [-0.05, 0) is 6.07 Å². The summed E-state index contributed by atoms with van der Waals surface area (Å²) >= 11 is 1.16. The van der Waals surface area contributed by atoms with Gasteiger partial charge >= 0.3 is 0 Å². The van der Waals surface area contributed by atoms with E-state index < -0.39 is 32.1 Å². The second-order valence-corrected chi connectivity index (χ2v) is 9.02. The molecule has 0 bridgehead atoms. The van der Waals surface area contributed by atoms with Crippen molar-refractivity contribution in [3.05, 3.63) is 69.8 Å². The van der Waals surface area contributed by atoms with E-state index in [1.165, 1.54) is 12.1 Å². The van der Waals surface area contributed by atoms with Crippen molar-refractivity contribution in [1.29, 1.82) is 0 Å². The molecule has 3 rings (SSSR count). The molecule has 3 aromatic rings. The van der Waals surface area contributed by atoms with E-state index in [1.807, 2.05) is 30.3 Å². The monoisotopic (exact) mass is 418 g/mol. The van der Waals surface area contributed by atoms with Crippen molar-refractivity contribution in [2.45, 2.75) is 5.75 Å². The van der Waals surface area contributed by atoms with Gasteiger partial charge in [-0.1, -0.05) is 47.7 Å². The van der Waals surface area contributed by atoms with Gasteiger partial charge in [0.05, 0.1) is 10.7 Å². The van der Waals surface area contributed by atoms with Gasteiger partial charge in [-0.25, -0.2) is 8.42 Å². The molecule has 0 aliphatic rings. The number of nitrogens with zero attached hydrogens (tertiary/aromatic N) is 3. The number of aromatic nitrogens is 2. The van der Waals surface area contributed by atoms with E-state index in [9.17, 15) is 23.3 Å². The number of hydrogen-bond donors (Lipinski definition) is 1. The average molecular weight is 418 g/mol. The number of sulfone groups is 1. The molecule has 0 aliphatic carbocycles. The molecule has 0 unspecified atom stereocenters. The van der Waals surface area contributed by atoms with Crippen molar-refractivity contribution in [2.24, 2.45) is 0 Å². The number of hydrogen-bond acceptors (Lipinski definition) is 8. The van der Waals surface area contributed by atoms with Crippen molar-refractivity contribution in [1.82, 2.24) is 10.2 Å². The first-order valence-electron chi connectivity index (χ1n) is 7.88. The number of carbonyl (C=O) groups is 1. The molecule has 28 heavy (non-hydrogen) atoms. The summed E-state index contributed by atoms with van der Waals surface area (Å²) in [5.41, 5.74) is 0.452. The fourth-order valence-corrected chi connectivity index (χ4v) is 3.97. The molecule has 1 aromatic heterocycles. The summed E-state index contributed by atoms with van der Waals surface area (Å²) < 4.78 is 22.9. The number of nitro groups is 1. The highest BCUT2D eigenvalue weighted by atomic mass is 32.2. The molecule has 0 saturated carbocycles. The standard InChI is InChI=1S/C17H14N4O5S2/c1-28(25,26)10-13-8-7-12(9-14(13)21(23)24)15(22)18-17-20-19-16(27-17)11-5-3-2-4-6-11/h2-9H,10H2,1H3,(H,18,20,22). The molecule has 1 N–H and O–H groups in total. The Balaban J connectivity index is 1.82. The molecular weight excluding hydrogens is 404 g/mol. The number of nitro benzene ring substituents is 1. The molecule has 0 saturated heterocycles. The number of rotatable bonds is 6. The molecule has 11 heteroatoms. The molecule has 1 amide bonds. The number of nitrogens with one attached hydrogen (secondary N) is 1. The van der Waals surface area contributed by atoms with Gasteiger partial charge in [-0.2, -0.15) is 0 Å². The zero-order valence-corrected chi connectivity index (χ0v) is 16.2. The predicted octanol–water partition coefficient (Wildman–Crippen LogP) is 2.91. The smallest absolute Gasteiger partial charge is 0.274 e. The van der Waals surface area contributed by atoms with E-state index in [2.05, 4.69) is 15.5 Å². The van der Waals surface area contributed by atoms with E-state index in [0.29, 0.717) is 5.01 Å². The predicted molar refractivity (Wildman–Crippen MR) is 105 cm³/mol. The Kier molecular flexibility index (Phi) is 5.47. The van der Waals surface area contributed by atoms with Crippen molar-refractivity contribution >= 4 is 37.9 Å². The lowest BCUT2D eigenvalue weighted by Crippen LogP contribution is -2.13. The summed E-state index contributed by atoms with van der Waals surface area (Å²) in [6, 6.07) is 12.9. The second kappa shape index (κ2) is 7.82. The van der Waals surface area contributed by atoms with Crippen LogP contribution in [0.5, 0.6) is 0 Å². The molecule has 0 radical (unpaired) electrons. The van der Waals surface area contributed by atoms with Gasteiger partial charge in [0.2, 0.25) is 5.13 Å². The van der Waals surface area contributed by atoms with Crippen molar-refractivity contribution < 1.29 is 18.1 Å². The van der Waals surface area contributed by atoms with Crippen LogP contribution in [0.15, 0.2) is 48.5 Å². The molecule has 0 atom stereocenters. The summed E-state index contributed by atoms with van der Waals surface area (Å²) in [6.07, 6.45) is 0.983. The minimum Gasteiger partial charge on any atom is -0.296 e. The number of benzene rings is 2. The summed E-state index contributed by atoms with van der Waals surface area (Å²) in [7, 11) is -3.46. The summed E-state index contributed by atoms with van der Waals surface area (Å²) in [6.45, 7) is 0. The molecule has 2 aromatic carbocycles. The zero-order chi connectivity index (χ0) is 20.3. The van der Waals surface area contributed by atoms with E-state index in [0.717, 1.165) is 29.2 Å². The number of amides is 1. The van der Waals surface area contributed by atoms with Crippen LogP contribution in [0.2, 0.25) is 0 Å². The Morgan fingerprint density at radius 3 is 2.54 bits per heavy atom. The molecular formula is C17H14N4O5S2. The molecule has 9 nitrogen and oxygen atoms in total. The van der Waals surface area contributed by atoms with E-state index in [4.69, 9.17) is 0 Å². The first-order valence-corrected chi connectivity index (χ1v) is 10.8. The summed E-state index contributed by atoms with van der Waals surface area (Å²) in [4.78, 5) is 23.0. The lowest BCUT2D eigenvalue weighted by molar-refractivity contribution is -0.385. The van der Waals surface area contributed by atoms with Gasteiger partial charge in [0.25, 0.3) is 11.6 Å². The first kappa shape index (κ1) is 19.6. The highest BCUT2D eigenvalue weighted by molar-refractivity contribution is 7.89. The van der Waals surface area contributed by atoms with Gasteiger partial charge in [-0.3, -0.25) is 20.2 Å². The largest absolute Gasteiger partial charge is 0.296 e. The van der Waals surface area contributed by atoms with E-state index in [-0.39, 0.29) is 16.3 Å². The van der Waals surface area contributed by atoms with Gasteiger partial charge in [0.1, 0.15) is 5.01 Å². The van der Waals surface area contributed by atoms with Crippen molar-refractivity contribution in [3.8, 4) is 10.6 Å². The Bertz CT molecular complexity index is 1140. The van der Waals surface area contributed by atoms with Crippen LogP contribution in [0, 0.1) is 10.1 Å². The topological polar surface area (TPSA) is 132 Å². The third-order valence-corrected chi connectivity index (χ3v) is 5.35. The maximum atomic E-state index is 12.4. The molecule has 0 fully saturated rings. The first-order chi connectivity index (χ1) is 13.2. The van der Waals surface area contributed by atoms with E-state index in [1.54, 1.807) is 0 Å². The van der Waals surface area contributed by atoms with Gasteiger partial charge in [-0.15, -0.1) is 10.2 Å². The van der Waals surface area contributed by atoms with Gasteiger partial charge in [0.15, 0.2) is 9.84 Å². The molecule has 144 valence electrons. The van der Waals surface area contributed by atoms with Crippen molar-refractivity contribution in [3.63, 3.8) is 0 Å². The minimum atomic E-state index is -3.46. The lowest BCUT2D eigenvalue weighted by Gasteiger charge is -2.05. The fourth-order valence-electron chi connectivity index (χ4n) is 2.42. The van der Waals surface area contributed by atoms with Crippen LogP contribution in [0.1, 0.15) is 15.9 Å². The van der Waals surface area contributed by atoms with Crippen LogP contribution in [0.4, 0.5) is 10.8 Å². The van der Waals surface area contributed by atoms with Crippen LogP contribution >= 0.6 is 11.3 Å². The number of anilines is 1. The quantitative estimate of drug-likeness (QED) is 0.481. The Morgan fingerprint density at radius 1 is 1.18 bits per heavy atom. The highest BCUT2D eigenvalue weighted by Crippen LogP contribution is 2.27. The third kappa shape index (κ3) is 4.75. The molecule has 0 aliphatic heterocycles. The SMILES string of the molecule is CS(=O)(=O)Cc1ccc(C(=O)Nc2nnc(-c3ccccc3)s2)cc1[N+](=O)[O-]. The number of carbonyl (C=O) groups excluding carboxylic acids is 1. The maximum absolute atomic E-state index is 12.4. The van der Waals surface area contributed by atoms with Gasteiger partial charge in [0, 0.05) is 29.0 Å². The normalized spacial score (nSPS) is 11.2. The van der Waals surface area contributed by atoms with E-state index >= 15 is 0 Å². The van der Waals surface area contributed by atoms with Crippen LogP contribution in [-0.4, -0.2) is 35.7 Å². The Morgan fingerprint density at radius 2 is 1.89 bits per heavy atom. The van der Waals surface area contributed by atoms with Crippen molar-refractivity contribution in [2.75, 3.05) is 11.6 Å². The molecule has 0 spiro atoms. The Hall–Kier alpha value is -3.18. The second-order valence-electron chi connectivity index (χ2n) is 5.90. The van der Waals surface area contributed by atoms with Gasteiger partial charge < -0.3 is 0 Å². The average Bonchev–Trinajstić information content (AvgIpc) is 3.09. The summed E-state index contributed by atoms with van der Waals surface area (Å²) in [5, 5.41) is 22.6. The van der Waals surface area contributed by atoms with Crippen LogP contribution < -0.4 is 5.32 Å². The van der Waals surface area contributed by atoms with Crippen LogP contribution in [0.3, 0.4) is 0 Å². The summed E-state index contributed by atoms with van der Waals surface area (Å²) in [5.74, 6) is -1.09. The zero-order valence-electron chi connectivity index (χ0n) is 14.5. The maximum Gasteiger partial charge on any atom is 0.274 e.